The molecule has 4 nitrogen and oxygen atoms in total. The van der Waals surface area contributed by atoms with Crippen LogP contribution in [0.25, 0.3) is 0 Å². The molecule has 0 rings (SSSR count). The number of hydrogen-bond donors (Lipinski definition) is 0. The number of carboxylic acid groups (broad SMARTS) is 2. The van der Waals surface area contributed by atoms with Crippen LogP contribution in [-0.4, -0.2) is 49.7 Å². The van der Waals surface area contributed by atoms with Gasteiger partial charge in [-0.1, -0.05) is 13.8 Å². The van der Waals surface area contributed by atoms with Gasteiger partial charge in [-0.25, -0.2) is 0 Å². The van der Waals surface area contributed by atoms with Gasteiger partial charge in [0.25, 0.3) is 0 Å². The molecule has 0 aliphatic heterocycles. The monoisotopic (exact) mass is 198 g/mol. The molecule has 0 unspecified atom stereocenters. The molecule has 0 aliphatic carbocycles. The summed E-state index contributed by atoms with van der Waals surface area (Å²) in [5.41, 5.74) is -0.780. The van der Waals surface area contributed by atoms with E-state index in [0.29, 0.717) is 0 Å². The maximum absolute atomic E-state index is 10.1. The molecule has 0 radical (unpaired) electrons. The standard InChI is InChI=1S/C7H12O4.Ca/c1-7(2,3-5(8)9)4-6(10)11;/h3-4H2,1-2H3,(H,8,9)(H,10,11);/q;+2/p-2. The van der Waals surface area contributed by atoms with Gasteiger partial charge in [0.05, 0.1) is 0 Å². The third-order valence-corrected chi connectivity index (χ3v) is 1.25. The van der Waals surface area contributed by atoms with Crippen LogP contribution in [0.3, 0.4) is 0 Å². The van der Waals surface area contributed by atoms with Gasteiger partial charge in [0, 0.05) is 11.9 Å². The summed E-state index contributed by atoms with van der Waals surface area (Å²) in [6.07, 6.45) is -0.526. The fourth-order valence-corrected chi connectivity index (χ4v) is 0.844. The van der Waals surface area contributed by atoms with Crippen molar-refractivity contribution in [3.05, 3.63) is 0 Å². The Morgan fingerprint density at radius 2 is 1.33 bits per heavy atom. The average Bonchev–Trinajstić information content (AvgIpc) is 1.53. The SMILES string of the molecule is CC(C)(CC(=O)[O-])CC(=O)[O-].[Ca+2]. The summed E-state index contributed by atoms with van der Waals surface area (Å²) in [7, 11) is 0. The minimum Gasteiger partial charge on any atom is -0.550 e. The predicted octanol–water partition coefficient (Wildman–Crippen LogP) is -2.09. The first kappa shape index (κ1) is 14.7. The zero-order chi connectivity index (χ0) is 9.07. The molecule has 0 aromatic carbocycles. The average molecular weight is 198 g/mol. The summed E-state index contributed by atoms with van der Waals surface area (Å²) in [6.45, 7) is 3.08. The number of carbonyl (C=O) groups is 2. The Kier molecular flexibility index (Phi) is 7.08. The van der Waals surface area contributed by atoms with E-state index in [1.807, 2.05) is 0 Å². The fourth-order valence-electron chi connectivity index (χ4n) is 0.844. The van der Waals surface area contributed by atoms with Crippen LogP contribution in [0.15, 0.2) is 0 Å². The van der Waals surface area contributed by atoms with E-state index >= 15 is 0 Å². The van der Waals surface area contributed by atoms with Gasteiger partial charge >= 0.3 is 37.7 Å². The molecule has 64 valence electrons. The van der Waals surface area contributed by atoms with Gasteiger partial charge in [0.1, 0.15) is 0 Å². The van der Waals surface area contributed by atoms with Crippen LogP contribution >= 0.6 is 0 Å². The van der Waals surface area contributed by atoms with Crippen molar-refractivity contribution in [3.63, 3.8) is 0 Å². The molecule has 0 atom stereocenters. The predicted molar refractivity (Wildman–Crippen MR) is 38.8 cm³/mol. The molecule has 0 aromatic rings. The molecule has 0 saturated heterocycles. The largest absolute Gasteiger partial charge is 2.00 e. The first-order chi connectivity index (χ1) is 4.83. The van der Waals surface area contributed by atoms with Crippen molar-refractivity contribution in [2.45, 2.75) is 26.7 Å². The minimum atomic E-state index is -1.24. The van der Waals surface area contributed by atoms with Crippen molar-refractivity contribution in [3.8, 4) is 0 Å². The van der Waals surface area contributed by atoms with Crippen LogP contribution in [0, 0.1) is 5.41 Å². The van der Waals surface area contributed by atoms with Crippen molar-refractivity contribution in [2.75, 3.05) is 0 Å². The third-order valence-electron chi connectivity index (χ3n) is 1.25. The van der Waals surface area contributed by atoms with Crippen LogP contribution < -0.4 is 10.2 Å². The molecule has 0 amide bonds. The number of aliphatic carboxylic acids is 2. The number of hydrogen-bond acceptors (Lipinski definition) is 4. The smallest absolute Gasteiger partial charge is 0.550 e. The first-order valence-electron chi connectivity index (χ1n) is 3.23. The second-order valence-corrected chi connectivity index (χ2v) is 3.26. The van der Waals surface area contributed by atoms with Crippen LogP contribution in [0.1, 0.15) is 26.7 Å². The van der Waals surface area contributed by atoms with Crippen molar-refractivity contribution in [1.29, 1.82) is 0 Å². The van der Waals surface area contributed by atoms with E-state index in [1.165, 1.54) is 0 Å². The van der Waals surface area contributed by atoms with Gasteiger partial charge in [0.2, 0.25) is 0 Å². The Morgan fingerprint density at radius 3 is 1.50 bits per heavy atom. The number of carboxylic acids is 2. The fraction of sp³-hybridized carbons (Fsp3) is 0.714. The van der Waals surface area contributed by atoms with Gasteiger partial charge in [-0.15, -0.1) is 0 Å². The molecule has 0 bridgehead atoms. The minimum absolute atomic E-state index is 0. The molecule has 12 heavy (non-hydrogen) atoms. The summed E-state index contributed by atoms with van der Waals surface area (Å²) >= 11 is 0. The third kappa shape index (κ3) is 8.30. The number of rotatable bonds is 4. The van der Waals surface area contributed by atoms with Gasteiger partial charge in [-0.3, -0.25) is 0 Å². The Labute approximate surface area is 101 Å². The van der Waals surface area contributed by atoms with E-state index in [2.05, 4.69) is 0 Å². The zero-order valence-electron chi connectivity index (χ0n) is 7.25. The second-order valence-electron chi connectivity index (χ2n) is 3.26. The van der Waals surface area contributed by atoms with E-state index < -0.39 is 17.4 Å². The molecular formula is C7H10CaO4. The molecule has 0 fully saturated rings. The van der Waals surface area contributed by atoms with Crippen molar-refractivity contribution in [1.82, 2.24) is 0 Å². The van der Waals surface area contributed by atoms with Crippen LogP contribution in [0.5, 0.6) is 0 Å². The topological polar surface area (TPSA) is 80.3 Å². The van der Waals surface area contributed by atoms with Gasteiger partial charge in [-0.05, 0) is 18.3 Å². The van der Waals surface area contributed by atoms with Crippen molar-refractivity contribution >= 4 is 49.7 Å². The van der Waals surface area contributed by atoms with E-state index in [4.69, 9.17) is 0 Å². The molecular weight excluding hydrogens is 188 g/mol. The normalized spacial score (nSPS) is 10.2. The summed E-state index contributed by atoms with van der Waals surface area (Å²) in [6, 6.07) is 0. The second kappa shape index (κ2) is 5.78. The first-order valence-corrected chi connectivity index (χ1v) is 3.23. The maximum atomic E-state index is 10.1. The summed E-state index contributed by atoms with van der Waals surface area (Å²) in [5, 5.41) is 20.1. The molecule has 0 aromatic heterocycles. The molecule has 0 N–H and O–H groups in total. The molecule has 0 heterocycles. The molecule has 0 spiro atoms. The Hall–Kier alpha value is 0.200. The zero-order valence-corrected chi connectivity index (χ0v) is 9.46. The van der Waals surface area contributed by atoms with E-state index in [9.17, 15) is 19.8 Å². The van der Waals surface area contributed by atoms with Crippen LogP contribution in [-0.2, 0) is 9.59 Å². The van der Waals surface area contributed by atoms with E-state index in [0.717, 1.165) is 0 Å². The van der Waals surface area contributed by atoms with Gasteiger partial charge < -0.3 is 19.8 Å². The maximum Gasteiger partial charge on any atom is 2.00 e. The van der Waals surface area contributed by atoms with Crippen LogP contribution in [0.2, 0.25) is 0 Å². The summed E-state index contributed by atoms with van der Waals surface area (Å²) < 4.78 is 0. The Balaban J connectivity index is 0. The van der Waals surface area contributed by atoms with Gasteiger partial charge in [-0.2, -0.15) is 0 Å². The summed E-state index contributed by atoms with van der Waals surface area (Å²) in [5.74, 6) is -2.48. The van der Waals surface area contributed by atoms with E-state index in [1.54, 1.807) is 13.8 Å². The quantitative estimate of drug-likeness (QED) is 0.485. The Morgan fingerprint density at radius 1 is 1.08 bits per heavy atom. The van der Waals surface area contributed by atoms with Crippen molar-refractivity contribution < 1.29 is 19.8 Å². The molecule has 0 saturated carbocycles. The molecule has 5 heteroatoms. The van der Waals surface area contributed by atoms with Crippen molar-refractivity contribution in [2.24, 2.45) is 5.41 Å². The molecule has 0 aliphatic rings. The number of carbonyl (C=O) groups excluding carboxylic acids is 2. The van der Waals surface area contributed by atoms with E-state index in [-0.39, 0.29) is 50.6 Å². The van der Waals surface area contributed by atoms with Gasteiger partial charge in [0.15, 0.2) is 0 Å². The Bertz CT molecular complexity index is 158. The van der Waals surface area contributed by atoms with Crippen LogP contribution in [0.4, 0.5) is 0 Å². The summed E-state index contributed by atoms with van der Waals surface area (Å²) in [4.78, 5) is 20.1.